The molecule has 12 heteroatoms. The van der Waals surface area contributed by atoms with Gasteiger partial charge in [-0.1, -0.05) is 6.92 Å². The summed E-state index contributed by atoms with van der Waals surface area (Å²) in [5.74, 6) is -0.586. The van der Waals surface area contributed by atoms with Crippen LogP contribution in [-0.2, 0) is 9.53 Å². The van der Waals surface area contributed by atoms with Gasteiger partial charge in [0.15, 0.2) is 17.5 Å². The summed E-state index contributed by atoms with van der Waals surface area (Å²) in [5.41, 5.74) is 0.163. The van der Waals surface area contributed by atoms with Gasteiger partial charge in [-0.3, -0.25) is 14.9 Å². The molecule has 1 aliphatic carbocycles. The van der Waals surface area contributed by atoms with Crippen LogP contribution in [-0.4, -0.2) is 70.1 Å². The fourth-order valence-corrected chi connectivity index (χ4v) is 4.55. The Kier molecular flexibility index (Phi) is 9.24. The first-order valence-electron chi connectivity index (χ1n) is 10.9. The largest absolute Gasteiger partial charge is 0.477 e. The average molecular weight is 485 g/mol. The number of ether oxygens (including phenoxy) is 2. The molecule has 0 aliphatic heterocycles. The van der Waals surface area contributed by atoms with Crippen molar-refractivity contribution in [2.24, 2.45) is 0 Å². The number of hydrogen-bond acceptors (Lipinski definition) is 9. The van der Waals surface area contributed by atoms with Crippen LogP contribution in [0.5, 0.6) is 5.88 Å². The van der Waals surface area contributed by atoms with Crippen LogP contribution in [0.15, 0.2) is 12.4 Å². The van der Waals surface area contributed by atoms with Crippen molar-refractivity contribution < 1.29 is 23.0 Å². The molecule has 0 bridgehead atoms. The van der Waals surface area contributed by atoms with E-state index in [2.05, 4.69) is 44.0 Å². The third-order valence-electron chi connectivity index (χ3n) is 5.88. The predicted octanol–water partition coefficient (Wildman–Crippen LogP) is 3.34. The zero-order valence-corrected chi connectivity index (χ0v) is 19.7. The molecule has 0 amide bonds. The molecule has 1 fully saturated rings. The highest BCUT2D eigenvalue weighted by Gasteiger charge is 2.39. The molecule has 2 heterocycles. The summed E-state index contributed by atoms with van der Waals surface area (Å²) in [6, 6.07) is 0.396. The van der Waals surface area contributed by atoms with Crippen LogP contribution < -0.4 is 15.4 Å². The van der Waals surface area contributed by atoms with Crippen molar-refractivity contribution in [3.05, 3.63) is 23.9 Å². The van der Waals surface area contributed by atoms with Crippen LogP contribution in [0.4, 0.5) is 20.4 Å². The van der Waals surface area contributed by atoms with Gasteiger partial charge in [-0.2, -0.15) is 21.8 Å². The Morgan fingerprint density at radius 1 is 1.39 bits per heavy atom. The summed E-state index contributed by atoms with van der Waals surface area (Å²) in [6.45, 7) is 2.88. The highest BCUT2D eigenvalue weighted by atomic mass is 32.2. The Hall–Kier alpha value is -2.47. The van der Waals surface area contributed by atoms with E-state index in [1.54, 1.807) is 0 Å². The molecule has 0 radical (unpaired) electrons. The second-order valence-corrected chi connectivity index (χ2v) is 9.16. The standard InChI is InChI=1S/C21H30F2N6O3S/c1-12(33-3)15(24-2)5-4-6-31-18-10-25-9-17(26-18)27-21-19(23)20(28-29-21)13-7-14(22)16(8-13)32-11-30/h9-16,24H,4-8H2,1-3H3,(H2,26,27,28,29). The van der Waals surface area contributed by atoms with Gasteiger partial charge in [-0.25, -0.2) is 8.78 Å². The number of aromatic nitrogens is 4. The summed E-state index contributed by atoms with van der Waals surface area (Å²) in [7, 11) is 1.96. The predicted molar refractivity (Wildman–Crippen MR) is 122 cm³/mol. The van der Waals surface area contributed by atoms with Gasteiger partial charge in [0.25, 0.3) is 6.47 Å². The SMILES string of the molecule is CNC(CCCOc1cncc(Nc2n[nH]c(C3CC(F)C(OC=O)C3)c2F)n1)C(C)SC. The van der Waals surface area contributed by atoms with Gasteiger partial charge in [0.05, 0.1) is 24.7 Å². The lowest BCUT2D eigenvalue weighted by atomic mass is 10.0. The number of rotatable bonds is 13. The number of H-pyrrole nitrogens is 1. The minimum atomic E-state index is -1.34. The molecule has 3 rings (SSSR count). The zero-order valence-electron chi connectivity index (χ0n) is 18.9. The smallest absolute Gasteiger partial charge is 0.293 e. The molecule has 2 aromatic heterocycles. The fourth-order valence-electron chi connectivity index (χ4n) is 3.95. The van der Waals surface area contributed by atoms with Gasteiger partial charge in [0.1, 0.15) is 12.3 Å². The van der Waals surface area contributed by atoms with Gasteiger partial charge >= 0.3 is 0 Å². The number of thioether (sulfide) groups is 1. The second kappa shape index (κ2) is 12.1. The van der Waals surface area contributed by atoms with E-state index in [1.807, 2.05) is 18.8 Å². The van der Waals surface area contributed by atoms with E-state index in [0.717, 1.165) is 12.8 Å². The van der Waals surface area contributed by atoms with E-state index < -0.39 is 24.0 Å². The van der Waals surface area contributed by atoms with Gasteiger partial charge in [0.2, 0.25) is 5.88 Å². The van der Waals surface area contributed by atoms with Crippen molar-refractivity contribution in [3.8, 4) is 5.88 Å². The first-order valence-corrected chi connectivity index (χ1v) is 12.1. The molecule has 5 atom stereocenters. The molecule has 3 N–H and O–H groups in total. The summed E-state index contributed by atoms with van der Waals surface area (Å²) < 4.78 is 39.3. The van der Waals surface area contributed by atoms with Gasteiger partial charge in [-0.15, -0.1) is 0 Å². The normalized spacial score (nSPS) is 22.0. The van der Waals surface area contributed by atoms with Crippen molar-refractivity contribution >= 4 is 29.9 Å². The summed E-state index contributed by atoms with van der Waals surface area (Å²) in [6.07, 6.45) is 4.84. The van der Waals surface area contributed by atoms with Crippen LogP contribution in [0, 0.1) is 5.82 Å². The minimum Gasteiger partial charge on any atom is -0.477 e. The van der Waals surface area contributed by atoms with E-state index in [-0.39, 0.29) is 36.6 Å². The quantitative estimate of drug-likeness (QED) is 0.291. The number of nitrogens with zero attached hydrogens (tertiary/aromatic N) is 3. The minimum absolute atomic E-state index is 0.0460. The maximum atomic E-state index is 14.9. The highest BCUT2D eigenvalue weighted by molar-refractivity contribution is 7.99. The maximum absolute atomic E-state index is 14.9. The maximum Gasteiger partial charge on any atom is 0.293 e. The number of carbonyl (C=O) groups is 1. The highest BCUT2D eigenvalue weighted by Crippen LogP contribution is 2.39. The second-order valence-electron chi connectivity index (χ2n) is 7.95. The first-order chi connectivity index (χ1) is 16.0. The molecule has 2 aromatic rings. The lowest BCUT2D eigenvalue weighted by molar-refractivity contribution is -0.135. The molecule has 0 saturated heterocycles. The summed E-state index contributed by atoms with van der Waals surface area (Å²) in [4.78, 5) is 18.9. The van der Waals surface area contributed by atoms with Crippen LogP contribution in [0.25, 0.3) is 0 Å². The topological polar surface area (TPSA) is 114 Å². The molecular weight excluding hydrogens is 454 g/mol. The molecule has 0 spiro atoms. The van der Waals surface area contributed by atoms with E-state index in [0.29, 0.717) is 23.8 Å². The van der Waals surface area contributed by atoms with Crippen molar-refractivity contribution in [1.29, 1.82) is 0 Å². The third kappa shape index (κ3) is 6.53. The lowest BCUT2D eigenvalue weighted by Crippen LogP contribution is -2.34. The Balaban J connectivity index is 1.55. The lowest BCUT2D eigenvalue weighted by Gasteiger charge is -2.21. The van der Waals surface area contributed by atoms with E-state index >= 15 is 0 Å². The van der Waals surface area contributed by atoms with Crippen LogP contribution in [0.1, 0.15) is 44.2 Å². The fraction of sp³-hybridized carbons (Fsp3) is 0.619. The number of alkyl halides is 1. The Morgan fingerprint density at radius 3 is 2.94 bits per heavy atom. The molecule has 182 valence electrons. The molecular formula is C21H30F2N6O3S. The van der Waals surface area contributed by atoms with Crippen molar-refractivity contribution in [3.63, 3.8) is 0 Å². The molecule has 33 heavy (non-hydrogen) atoms. The number of aromatic amines is 1. The first kappa shape index (κ1) is 25.2. The Labute approximate surface area is 195 Å². The van der Waals surface area contributed by atoms with Crippen LogP contribution in [0.2, 0.25) is 0 Å². The number of anilines is 2. The number of halogens is 2. The zero-order chi connectivity index (χ0) is 23.8. The van der Waals surface area contributed by atoms with Crippen LogP contribution >= 0.6 is 11.8 Å². The van der Waals surface area contributed by atoms with Gasteiger partial charge in [0, 0.05) is 17.2 Å². The van der Waals surface area contributed by atoms with E-state index in [4.69, 9.17) is 9.47 Å². The van der Waals surface area contributed by atoms with Crippen molar-refractivity contribution in [2.45, 2.75) is 62.1 Å². The van der Waals surface area contributed by atoms with Crippen molar-refractivity contribution in [1.82, 2.24) is 25.5 Å². The molecule has 5 unspecified atom stereocenters. The van der Waals surface area contributed by atoms with E-state index in [9.17, 15) is 13.6 Å². The Bertz CT molecular complexity index is 905. The van der Waals surface area contributed by atoms with Gasteiger partial charge in [-0.05, 0) is 39.0 Å². The molecule has 1 saturated carbocycles. The van der Waals surface area contributed by atoms with Crippen molar-refractivity contribution in [2.75, 3.05) is 25.2 Å². The summed E-state index contributed by atoms with van der Waals surface area (Å²) >= 11 is 1.82. The summed E-state index contributed by atoms with van der Waals surface area (Å²) in [5, 5.41) is 13.2. The average Bonchev–Trinajstić information content (AvgIpc) is 3.36. The number of nitrogens with one attached hydrogen (secondary N) is 3. The van der Waals surface area contributed by atoms with E-state index in [1.165, 1.54) is 12.4 Å². The number of carbonyl (C=O) groups excluding carboxylic acids is 1. The Morgan fingerprint density at radius 2 is 2.21 bits per heavy atom. The molecule has 0 aromatic carbocycles. The third-order valence-corrected chi connectivity index (χ3v) is 6.95. The van der Waals surface area contributed by atoms with Gasteiger partial charge < -0.3 is 20.1 Å². The monoisotopic (exact) mass is 484 g/mol. The number of hydrogen-bond donors (Lipinski definition) is 3. The van der Waals surface area contributed by atoms with Crippen LogP contribution in [0.3, 0.4) is 0 Å². The molecule has 1 aliphatic rings. The molecule has 9 nitrogen and oxygen atoms in total.